The summed E-state index contributed by atoms with van der Waals surface area (Å²) >= 11 is 0. The number of ether oxygens (including phenoxy) is 1. The summed E-state index contributed by atoms with van der Waals surface area (Å²) < 4.78 is 4.99. The van der Waals surface area contributed by atoms with Crippen LogP contribution in [0.2, 0.25) is 0 Å². The standard InChI is InChI=1S/C15H20N2O3/c1-20-15-8-7-13(9-14(15)17(18)19)11-16-10-12-5-3-2-4-6-12/h2-3,7-9,12,16H,4-6,10-11H2,1H3. The lowest BCUT2D eigenvalue weighted by atomic mass is 9.94. The van der Waals surface area contributed by atoms with Crippen molar-refractivity contribution >= 4 is 5.69 Å². The molecule has 1 atom stereocenters. The van der Waals surface area contributed by atoms with Crippen LogP contribution >= 0.6 is 0 Å². The number of nitro benzene ring substituents is 1. The number of methoxy groups -OCH3 is 1. The Hall–Kier alpha value is -1.88. The van der Waals surface area contributed by atoms with E-state index in [-0.39, 0.29) is 5.69 Å². The van der Waals surface area contributed by atoms with Gasteiger partial charge in [-0.05, 0) is 43.4 Å². The molecular weight excluding hydrogens is 256 g/mol. The van der Waals surface area contributed by atoms with Crippen LogP contribution in [0.4, 0.5) is 5.69 Å². The van der Waals surface area contributed by atoms with Crippen LogP contribution in [0.15, 0.2) is 30.4 Å². The van der Waals surface area contributed by atoms with Gasteiger partial charge in [-0.15, -0.1) is 0 Å². The maximum Gasteiger partial charge on any atom is 0.311 e. The normalized spacial score (nSPS) is 17.9. The Morgan fingerprint density at radius 3 is 2.95 bits per heavy atom. The summed E-state index contributed by atoms with van der Waals surface area (Å²) in [5, 5.41) is 14.3. The summed E-state index contributed by atoms with van der Waals surface area (Å²) in [7, 11) is 1.44. The highest BCUT2D eigenvalue weighted by atomic mass is 16.6. The van der Waals surface area contributed by atoms with Crippen molar-refractivity contribution in [1.82, 2.24) is 5.32 Å². The minimum Gasteiger partial charge on any atom is -0.490 e. The lowest BCUT2D eigenvalue weighted by Crippen LogP contribution is -2.23. The SMILES string of the molecule is COc1ccc(CNCC2CC=CCC2)cc1[N+](=O)[O-]. The molecule has 2 rings (SSSR count). The zero-order valence-electron chi connectivity index (χ0n) is 11.7. The van der Waals surface area contributed by atoms with E-state index in [0.717, 1.165) is 24.9 Å². The molecule has 0 saturated carbocycles. The minimum atomic E-state index is -0.408. The second kappa shape index (κ2) is 7.05. The molecular formula is C15H20N2O3. The van der Waals surface area contributed by atoms with Gasteiger partial charge in [0.25, 0.3) is 0 Å². The predicted octanol–water partition coefficient (Wildman–Crippen LogP) is 3.05. The number of hydrogen-bond donors (Lipinski definition) is 1. The van der Waals surface area contributed by atoms with Crippen molar-refractivity contribution in [2.45, 2.75) is 25.8 Å². The molecule has 0 radical (unpaired) electrons. The lowest BCUT2D eigenvalue weighted by Gasteiger charge is -2.18. The average Bonchev–Trinajstić information content (AvgIpc) is 2.48. The molecule has 1 aliphatic rings. The molecule has 20 heavy (non-hydrogen) atoms. The maximum absolute atomic E-state index is 11.0. The van der Waals surface area contributed by atoms with Crippen LogP contribution in [0, 0.1) is 16.0 Å². The number of rotatable bonds is 6. The molecule has 5 heteroatoms. The molecule has 0 amide bonds. The van der Waals surface area contributed by atoms with Gasteiger partial charge in [0.2, 0.25) is 0 Å². The highest BCUT2D eigenvalue weighted by Crippen LogP contribution is 2.27. The zero-order valence-corrected chi connectivity index (χ0v) is 11.7. The summed E-state index contributed by atoms with van der Waals surface area (Å²) in [6.07, 6.45) is 7.94. The van der Waals surface area contributed by atoms with E-state index in [1.807, 2.05) is 6.07 Å². The third-order valence-electron chi connectivity index (χ3n) is 3.58. The Kier molecular flexibility index (Phi) is 5.12. The van der Waals surface area contributed by atoms with E-state index in [9.17, 15) is 10.1 Å². The topological polar surface area (TPSA) is 64.4 Å². The van der Waals surface area contributed by atoms with E-state index in [4.69, 9.17) is 4.74 Å². The minimum absolute atomic E-state index is 0.0207. The van der Waals surface area contributed by atoms with Crippen LogP contribution in [0.25, 0.3) is 0 Å². The Morgan fingerprint density at radius 2 is 2.30 bits per heavy atom. The van der Waals surface area contributed by atoms with Gasteiger partial charge in [-0.2, -0.15) is 0 Å². The molecule has 0 aromatic heterocycles. The smallest absolute Gasteiger partial charge is 0.311 e. The molecule has 1 aromatic rings. The number of benzene rings is 1. The van der Waals surface area contributed by atoms with Crippen molar-refractivity contribution < 1.29 is 9.66 Å². The van der Waals surface area contributed by atoms with E-state index in [2.05, 4.69) is 17.5 Å². The second-order valence-electron chi connectivity index (χ2n) is 5.04. The van der Waals surface area contributed by atoms with Gasteiger partial charge < -0.3 is 10.1 Å². The number of hydrogen-bond acceptors (Lipinski definition) is 4. The van der Waals surface area contributed by atoms with Gasteiger partial charge in [-0.1, -0.05) is 18.2 Å². The second-order valence-corrected chi connectivity index (χ2v) is 5.04. The van der Waals surface area contributed by atoms with Crippen molar-refractivity contribution in [1.29, 1.82) is 0 Å². The number of allylic oxidation sites excluding steroid dienone is 2. The van der Waals surface area contributed by atoms with E-state index in [1.54, 1.807) is 12.1 Å². The lowest BCUT2D eigenvalue weighted by molar-refractivity contribution is -0.385. The summed E-state index contributed by atoms with van der Waals surface area (Å²) in [5.41, 5.74) is 0.927. The van der Waals surface area contributed by atoms with Gasteiger partial charge in [0.1, 0.15) is 0 Å². The molecule has 0 saturated heterocycles. The van der Waals surface area contributed by atoms with Crippen molar-refractivity contribution in [3.63, 3.8) is 0 Å². The summed E-state index contributed by atoms with van der Waals surface area (Å²) in [6.45, 7) is 1.59. The van der Waals surface area contributed by atoms with Crippen LogP contribution in [0.3, 0.4) is 0 Å². The molecule has 0 heterocycles. The quantitative estimate of drug-likeness (QED) is 0.493. The average molecular weight is 276 g/mol. The van der Waals surface area contributed by atoms with E-state index in [0.29, 0.717) is 18.2 Å². The highest BCUT2D eigenvalue weighted by Gasteiger charge is 2.15. The number of nitro groups is 1. The molecule has 1 aromatic carbocycles. The van der Waals surface area contributed by atoms with Crippen LogP contribution in [0.1, 0.15) is 24.8 Å². The molecule has 5 nitrogen and oxygen atoms in total. The molecule has 1 unspecified atom stereocenters. The van der Waals surface area contributed by atoms with Gasteiger partial charge in [0.05, 0.1) is 12.0 Å². The van der Waals surface area contributed by atoms with Gasteiger partial charge in [0, 0.05) is 12.6 Å². The summed E-state index contributed by atoms with van der Waals surface area (Å²) in [6, 6.07) is 5.09. The van der Waals surface area contributed by atoms with Crippen LogP contribution in [-0.4, -0.2) is 18.6 Å². The molecule has 0 fully saturated rings. The molecule has 1 aliphatic carbocycles. The third-order valence-corrected chi connectivity index (χ3v) is 3.58. The summed E-state index contributed by atoms with van der Waals surface area (Å²) in [5.74, 6) is 0.976. The molecule has 0 bridgehead atoms. The fraction of sp³-hybridized carbons (Fsp3) is 0.467. The number of nitrogens with zero attached hydrogens (tertiary/aromatic N) is 1. The van der Waals surface area contributed by atoms with E-state index >= 15 is 0 Å². The fourth-order valence-electron chi connectivity index (χ4n) is 2.45. The first-order valence-corrected chi connectivity index (χ1v) is 6.87. The van der Waals surface area contributed by atoms with Gasteiger partial charge >= 0.3 is 5.69 Å². The Bertz CT molecular complexity index is 500. The highest BCUT2D eigenvalue weighted by molar-refractivity contribution is 5.48. The van der Waals surface area contributed by atoms with Crippen molar-refractivity contribution in [2.75, 3.05) is 13.7 Å². The summed E-state index contributed by atoms with van der Waals surface area (Å²) in [4.78, 5) is 10.5. The molecule has 0 aliphatic heterocycles. The third kappa shape index (κ3) is 3.81. The van der Waals surface area contributed by atoms with Gasteiger partial charge in [0.15, 0.2) is 5.75 Å². The number of nitrogens with one attached hydrogen (secondary N) is 1. The van der Waals surface area contributed by atoms with Gasteiger partial charge in [-0.3, -0.25) is 10.1 Å². The first-order valence-electron chi connectivity index (χ1n) is 6.87. The molecule has 108 valence electrons. The maximum atomic E-state index is 11.0. The monoisotopic (exact) mass is 276 g/mol. The van der Waals surface area contributed by atoms with Crippen LogP contribution < -0.4 is 10.1 Å². The first-order chi connectivity index (χ1) is 9.70. The van der Waals surface area contributed by atoms with Gasteiger partial charge in [-0.25, -0.2) is 0 Å². The fourth-order valence-corrected chi connectivity index (χ4v) is 2.45. The zero-order chi connectivity index (χ0) is 14.4. The predicted molar refractivity (Wildman–Crippen MR) is 77.8 cm³/mol. The molecule has 0 spiro atoms. The van der Waals surface area contributed by atoms with E-state index < -0.39 is 4.92 Å². The van der Waals surface area contributed by atoms with E-state index in [1.165, 1.54) is 13.5 Å². The largest absolute Gasteiger partial charge is 0.490 e. The Morgan fingerprint density at radius 1 is 1.45 bits per heavy atom. The Labute approximate surface area is 118 Å². The van der Waals surface area contributed by atoms with Crippen LogP contribution in [-0.2, 0) is 6.54 Å². The first kappa shape index (κ1) is 14.5. The van der Waals surface area contributed by atoms with Crippen molar-refractivity contribution in [3.8, 4) is 5.75 Å². The van der Waals surface area contributed by atoms with Crippen LogP contribution in [0.5, 0.6) is 5.75 Å². The Balaban J connectivity index is 1.91. The van der Waals surface area contributed by atoms with Crippen molar-refractivity contribution in [3.05, 3.63) is 46.0 Å². The van der Waals surface area contributed by atoms with Crippen molar-refractivity contribution in [2.24, 2.45) is 5.92 Å². The molecule has 1 N–H and O–H groups in total.